The summed E-state index contributed by atoms with van der Waals surface area (Å²) in [7, 11) is -4.06. The molecule has 0 radical (unpaired) electrons. The van der Waals surface area contributed by atoms with Gasteiger partial charge >= 0.3 is 5.97 Å². The van der Waals surface area contributed by atoms with Gasteiger partial charge in [-0.05, 0) is 38.0 Å². The van der Waals surface area contributed by atoms with E-state index in [9.17, 15) is 13.2 Å². The number of sulfonamides is 1. The summed E-state index contributed by atoms with van der Waals surface area (Å²) in [5.74, 6) is -0.308. The molecular weight excluding hydrogens is 438 g/mol. The molecule has 0 spiro atoms. The van der Waals surface area contributed by atoms with Crippen LogP contribution in [0.1, 0.15) is 63.2 Å². The van der Waals surface area contributed by atoms with Gasteiger partial charge in [0.1, 0.15) is 17.0 Å². The van der Waals surface area contributed by atoms with E-state index < -0.39 is 22.1 Å². The van der Waals surface area contributed by atoms with Gasteiger partial charge in [-0.1, -0.05) is 80.6 Å². The molecule has 1 heterocycles. The predicted octanol–water partition coefficient (Wildman–Crippen LogP) is 5.68. The molecule has 2 aromatic rings. The van der Waals surface area contributed by atoms with Crippen molar-refractivity contribution in [1.29, 1.82) is 0 Å². The average Bonchev–Trinajstić information content (AvgIpc) is 3.12. The van der Waals surface area contributed by atoms with Crippen molar-refractivity contribution >= 4 is 21.7 Å². The normalized spacial score (nSPS) is 17.3. The highest BCUT2D eigenvalue weighted by Gasteiger charge is 2.38. The second-order valence-electron chi connectivity index (χ2n) is 8.15. The standard InChI is InChI=1S/C26H31NO5S/c1-4-5-6-7-11-18-31-26(28)23-20(3)32-25(21-12-9-8-10-13-21)24(23)27-33(29,30)22-16-14-19(2)15-17-22/h8-10,12-17,25H,4-7,11,18H2,1-3H3/b27-24+. The zero-order valence-electron chi connectivity index (χ0n) is 19.4. The molecule has 6 nitrogen and oxygen atoms in total. The van der Waals surface area contributed by atoms with E-state index in [-0.39, 0.29) is 22.8 Å². The van der Waals surface area contributed by atoms with Crippen molar-refractivity contribution in [2.75, 3.05) is 6.61 Å². The minimum absolute atomic E-state index is 0.0512. The molecule has 0 N–H and O–H groups in total. The summed E-state index contributed by atoms with van der Waals surface area (Å²) in [6.07, 6.45) is 4.31. The number of hydrogen-bond donors (Lipinski definition) is 0. The van der Waals surface area contributed by atoms with E-state index in [0.717, 1.165) is 37.7 Å². The van der Waals surface area contributed by atoms with E-state index in [2.05, 4.69) is 11.3 Å². The summed E-state index contributed by atoms with van der Waals surface area (Å²) in [6, 6.07) is 15.6. The maximum absolute atomic E-state index is 13.1. The SMILES string of the molecule is CCCCCCCOC(=O)C1=C(C)OC(c2ccccc2)/C1=N/S(=O)(=O)c1ccc(C)cc1. The van der Waals surface area contributed by atoms with Crippen LogP contribution < -0.4 is 0 Å². The van der Waals surface area contributed by atoms with Crippen LogP contribution in [0.15, 0.2) is 75.2 Å². The third-order valence-electron chi connectivity index (χ3n) is 5.48. The van der Waals surface area contributed by atoms with Gasteiger partial charge in [0, 0.05) is 0 Å². The van der Waals surface area contributed by atoms with Crippen LogP contribution in [-0.4, -0.2) is 26.7 Å². The molecule has 0 bridgehead atoms. The second-order valence-corrected chi connectivity index (χ2v) is 9.76. The lowest BCUT2D eigenvalue weighted by Crippen LogP contribution is -2.20. The van der Waals surface area contributed by atoms with Gasteiger partial charge in [0.15, 0.2) is 6.10 Å². The van der Waals surface area contributed by atoms with Gasteiger partial charge in [-0.15, -0.1) is 0 Å². The number of carbonyl (C=O) groups excluding carboxylic acids is 1. The number of carbonyl (C=O) groups is 1. The fraction of sp³-hybridized carbons (Fsp3) is 0.385. The highest BCUT2D eigenvalue weighted by Crippen LogP contribution is 2.35. The van der Waals surface area contributed by atoms with E-state index in [4.69, 9.17) is 9.47 Å². The molecule has 7 heteroatoms. The topological polar surface area (TPSA) is 82.0 Å². The summed E-state index contributed by atoms with van der Waals surface area (Å²) >= 11 is 0. The number of benzene rings is 2. The van der Waals surface area contributed by atoms with Crippen LogP contribution in [0.5, 0.6) is 0 Å². The maximum Gasteiger partial charge on any atom is 0.343 e. The highest BCUT2D eigenvalue weighted by molar-refractivity contribution is 7.90. The number of esters is 1. The van der Waals surface area contributed by atoms with Crippen molar-refractivity contribution in [3.8, 4) is 0 Å². The first-order valence-electron chi connectivity index (χ1n) is 11.3. The van der Waals surface area contributed by atoms with Crippen LogP contribution in [0.25, 0.3) is 0 Å². The molecule has 0 saturated carbocycles. The summed E-state index contributed by atoms with van der Waals surface area (Å²) < 4.78 is 41.7. The zero-order valence-corrected chi connectivity index (χ0v) is 20.2. The van der Waals surface area contributed by atoms with Crippen LogP contribution in [0.4, 0.5) is 0 Å². The van der Waals surface area contributed by atoms with Crippen molar-refractivity contribution < 1.29 is 22.7 Å². The Morgan fingerprint density at radius 2 is 1.64 bits per heavy atom. The van der Waals surface area contributed by atoms with Crippen molar-refractivity contribution in [2.45, 2.75) is 63.9 Å². The number of hydrogen-bond acceptors (Lipinski definition) is 5. The number of aryl methyl sites for hydroxylation is 1. The molecule has 1 aliphatic heterocycles. The molecule has 0 amide bonds. The number of allylic oxidation sites excluding steroid dienone is 1. The summed E-state index contributed by atoms with van der Waals surface area (Å²) in [5.41, 5.74) is 1.77. The van der Waals surface area contributed by atoms with Crippen LogP contribution in [0.3, 0.4) is 0 Å². The largest absolute Gasteiger partial charge is 0.483 e. The van der Waals surface area contributed by atoms with Crippen LogP contribution in [-0.2, 0) is 24.3 Å². The van der Waals surface area contributed by atoms with Gasteiger partial charge in [0.05, 0.1) is 11.5 Å². The first kappa shape index (κ1) is 24.7. The Labute approximate surface area is 196 Å². The monoisotopic (exact) mass is 469 g/mol. The van der Waals surface area contributed by atoms with Gasteiger partial charge in [0.25, 0.3) is 10.0 Å². The molecule has 1 atom stereocenters. The molecule has 1 unspecified atom stereocenters. The van der Waals surface area contributed by atoms with E-state index in [1.807, 2.05) is 37.3 Å². The van der Waals surface area contributed by atoms with Gasteiger partial charge < -0.3 is 9.47 Å². The first-order chi connectivity index (χ1) is 15.8. The number of ether oxygens (including phenoxy) is 2. The van der Waals surface area contributed by atoms with E-state index in [0.29, 0.717) is 11.3 Å². The molecule has 0 saturated heterocycles. The first-order valence-corrected chi connectivity index (χ1v) is 12.8. The lowest BCUT2D eigenvalue weighted by atomic mass is 10.0. The summed E-state index contributed by atoms with van der Waals surface area (Å²) in [5, 5.41) is 0. The average molecular weight is 470 g/mol. The van der Waals surface area contributed by atoms with Crippen LogP contribution in [0.2, 0.25) is 0 Å². The molecular formula is C26H31NO5S. The number of unbranched alkanes of at least 4 members (excludes halogenated alkanes) is 4. The molecule has 1 aliphatic rings. The van der Waals surface area contributed by atoms with E-state index in [1.54, 1.807) is 19.1 Å². The molecule has 0 aliphatic carbocycles. The lowest BCUT2D eigenvalue weighted by Gasteiger charge is -2.14. The Morgan fingerprint density at radius 3 is 2.30 bits per heavy atom. The number of rotatable bonds is 10. The van der Waals surface area contributed by atoms with E-state index in [1.165, 1.54) is 12.1 Å². The minimum atomic E-state index is -4.06. The van der Waals surface area contributed by atoms with Gasteiger partial charge in [0.2, 0.25) is 0 Å². The summed E-state index contributed by atoms with van der Waals surface area (Å²) in [4.78, 5) is 13.0. The van der Waals surface area contributed by atoms with Crippen molar-refractivity contribution in [3.05, 3.63) is 77.1 Å². The lowest BCUT2D eigenvalue weighted by molar-refractivity contribution is -0.138. The fourth-order valence-electron chi connectivity index (χ4n) is 3.63. The quantitative estimate of drug-likeness (QED) is 0.330. The number of nitrogens with zero attached hydrogens (tertiary/aromatic N) is 1. The highest BCUT2D eigenvalue weighted by atomic mass is 32.2. The predicted molar refractivity (Wildman–Crippen MR) is 128 cm³/mol. The maximum atomic E-state index is 13.1. The Hall–Kier alpha value is -2.93. The van der Waals surface area contributed by atoms with Crippen molar-refractivity contribution in [1.82, 2.24) is 0 Å². The molecule has 176 valence electrons. The Morgan fingerprint density at radius 1 is 0.970 bits per heavy atom. The van der Waals surface area contributed by atoms with Gasteiger partial charge in [-0.3, -0.25) is 0 Å². The van der Waals surface area contributed by atoms with Gasteiger partial charge in [-0.25, -0.2) is 4.79 Å². The Bertz CT molecular complexity index is 1120. The zero-order chi connectivity index (χ0) is 23.8. The third-order valence-corrected chi connectivity index (χ3v) is 6.78. The smallest absolute Gasteiger partial charge is 0.343 e. The van der Waals surface area contributed by atoms with Crippen molar-refractivity contribution in [3.63, 3.8) is 0 Å². The minimum Gasteiger partial charge on any atom is -0.483 e. The third kappa shape index (κ3) is 6.32. The van der Waals surface area contributed by atoms with Crippen LogP contribution in [0, 0.1) is 6.92 Å². The summed E-state index contributed by atoms with van der Waals surface area (Å²) in [6.45, 7) is 5.92. The second kappa shape index (κ2) is 11.3. The molecule has 0 aromatic heterocycles. The van der Waals surface area contributed by atoms with Gasteiger partial charge in [-0.2, -0.15) is 12.8 Å². The van der Waals surface area contributed by atoms with Crippen molar-refractivity contribution in [2.24, 2.45) is 4.40 Å². The van der Waals surface area contributed by atoms with Crippen LogP contribution >= 0.6 is 0 Å². The Balaban J connectivity index is 1.90. The fourth-order valence-corrected chi connectivity index (χ4v) is 4.66. The molecule has 33 heavy (non-hydrogen) atoms. The van der Waals surface area contributed by atoms with E-state index >= 15 is 0 Å². The Kier molecular flexibility index (Phi) is 8.44. The molecule has 2 aromatic carbocycles. The molecule has 0 fully saturated rings. The molecule has 3 rings (SSSR count).